The van der Waals surface area contributed by atoms with Crippen LogP contribution in [0.2, 0.25) is 0 Å². The summed E-state index contributed by atoms with van der Waals surface area (Å²) in [6, 6.07) is 0. The normalized spacial score (nSPS) is 14.3. The molecule has 2 atom stereocenters. The summed E-state index contributed by atoms with van der Waals surface area (Å²) >= 11 is 0. The molecule has 0 aliphatic carbocycles. The summed E-state index contributed by atoms with van der Waals surface area (Å²) in [5.41, 5.74) is 0. The number of carbonyl (C=O) groups is 2. The molecule has 486 valence electrons. The molecule has 0 aromatic rings. The van der Waals surface area contributed by atoms with E-state index in [0.29, 0.717) is 23.9 Å². The van der Waals surface area contributed by atoms with E-state index in [0.717, 1.165) is 141 Å². The lowest BCUT2D eigenvalue weighted by Crippen LogP contribution is -2.37. The van der Waals surface area contributed by atoms with Gasteiger partial charge in [0, 0.05) is 12.8 Å². The third-order valence-electron chi connectivity index (χ3n) is 13.7. The molecule has 0 heterocycles. The van der Waals surface area contributed by atoms with Gasteiger partial charge in [0.2, 0.25) is 0 Å². The van der Waals surface area contributed by atoms with Gasteiger partial charge in [0.05, 0.1) is 27.7 Å². The molecule has 0 saturated heterocycles. The molecule has 0 aromatic heterocycles. The zero-order valence-electron chi connectivity index (χ0n) is 55.2. The molecular formula is C76H125NO8P+. The van der Waals surface area contributed by atoms with Gasteiger partial charge in [0.1, 0.15) is 19.8 Å². The topological polar surface area (TPSA) is 108 Å². The van der Waals surface area contributed by atoms with Gasteiger partial charge < -0.3 is 18.9 Å². The molecule has 0 fully saturated rings. The lowest BCUT2D eigenvalue weighted by molar-refractivity contribution is -0.870. The number of rotatable bonds is 60. The molecule has 2 unspecified atom stereocenters. The highest BCUT2D eigenvalue weighted by atomic mass is 31.2. The van der Waals surface area contributed by atoms with E-state index in [9.17, 15) is 19.0 Å². The first-order chi connectivity index (χ1) is 42.0. The van der Waals surface area contributed by atoms with E-state index in [4.69, 9.17) is 18.5 Å². The fraction of sp³-hybridized carbons (Fsp3) is 0.605. The predicted octanol–water partition coefficient (Wildman–Crippen LogP) is 22.2. The molecule has 0 bridgehead atoms. The van der Waals surface area contributed by atoms with Crippen LogP contribution in [-0.2, 0) is 32.7 Å². The first-order valence-corrected chi connectivity index (χ1v) is 35.4. The highest BCUT2D eigenvalue weighted by Gasteiger charge is 2.27. The number of likely N-dealkylation sites (N-methyl/N-ethyl adjacent to an activating group) is 1. The van der Waals surface area contributed by atoms with Crippen molar-refractivity contribution < 1.29 is 42.1 Å². The van der Waals surface area contributed by atoms with Crippen molar-refractivity contribution >= 4 is 19.8 Å². The van der Waals surface area contributed by atoms with Crippen LogP contribution >= 0.6 is 7.82 Å². The van der Waals surface area contributed by atoms with Crippen molar-refractivity contribution in [2.75, 3.05) is 47.5 Å². The minimum atomic E-state index is -4.41. The Morgan fingerprint density at radius 2 is 0.628 bits per heavy atom. The average Bonchev–Trinajstić information content (AvgIpc) is 3.70. The first-order valence-electron chi connectivity index (χ1n) is 33.9. The lowest BCUT2D eigenvalue weighted by Gasteiger charge is -2.24. The fourth-order valence-corrected chi connectivity index (χ4v) is 9.36. The summed E-state index contributed by atoms with van der Waals surface area (Å²) in [4.78, 5) is 35.8. The number of ether oxygens (including phenoxy) is 2. The van der Waals surface area contributed by atoms with Gasteiger partial charge in [-0.1, -0.05) is 274 Å². The zero-order chi connectivity index (χ0) is 62.6. The van der Waals surface area contributed by atoms with Crippen LogP contribution in [0.15, 0.2) is 170 Å². The van der Waals surface area contributed by atoms with E-state index in [1.54, 1.807) is 0 Å². The number of phosphoric ester groups is 1. The molecule has 0 saturated carbocycles. The number of esters is 2. The van der Waals surface area contributed by atoms with Crippen molar-refractivity contribution in [2.24, 2.45) is 0 Å². The maximum absolute atomic E-state index is 12.9. The summed E-state index contributed by atoms with van der Waals surface area (Å²) in [5, 5.41) is 0. The van der Waals surface area contributed by atoms with Crippen LogP contribution in [0.1, 0.15) is 245 Å². The highest BCUT2D eigenvalue weighted by Crippen LogP contribution is 2.43. The highest BCUT2D eigenvalue weighted by molar-refractivity contribution is 7.47. The van der Waals surface area contributed by atoms with Crippen molar-refractivity contribution in [1.82, 2.24) is 0 Å². The Balaban J connectivity index is 4.10. The van der Waals surface area contributed by atoms with Gasteiger partial charge in [-0.15, -0.1) is 0 Å². The smallest absolute Gasteiger partial charge is 0.462 e. The van der Waals surface area contributed by atoms with Gasteiger partial charge in [0.25, 0.3) is 0 Å². The molecule has 9 nitrogen and oxygen atoms in total. The molecule has 0 aliphatic heterocycles. The summed E-state index contributed by atoms with van der Waals surface area (Å²) < 4.78 is 34.6. The van der Waals surface area contributed by atoms with E-state index in [1.807, 2.05) is 21.1 Å². The zero-order valence-corrected chi connectivity index (χ0v) is 56.1. The van der Waals surface area contributed by atoms with Crippen molar-refractivity contribution in [2.45, 2.75) is 251 Å². The van der Waals surface area contributed by atoms with Crippen molar-refractivity contribution in [3.05, 3.63) is 170 Å². The van der Waals surface area contributed by atoms with Gasteiger partial charge in [0.15, 0.2) is 6.10 Å². The first kappa shape index (κ1) is 81.4. The Bertz CT molecular complexity index is 2060. The minimum absolute atomic E-state index is 0.0199. The Morgan fingerprint density at radius 1 is 0.360 bits per heavy atom. The van der Waals surface area contributed by atoms with Crippen molar-refractivity contribution in [1.29, 1.82) is 0 Å². The van der Waals surface area contributed by atoms with E-state index >= 15 is 0 Å². The van der Waals surface area contributed by atoms with E-state index in [-0.39, 0.29) is 32.0 Å². The second-order valence-electron chi connectivity index (χ2n) is 23.1. The summed E-state index contributed by atoms with van der Waals surface area (Å²) in [5.74, 6) is -0.829. The van der Waals surface area contributed by atoms with E-state index in [2.05, 4.69) is 184 Å². The van der Waals surface area contributed by atoms with Crippen LogP contribution in [0.25, 0.3) is 0 Å². The summed E-state index contributed by atoms with van der Waals surface area (Å²) in [6.07, 6.45) is 98.7. The molecule has 0 aromatic carbocycles. The van der Waals surface area contributed by atoms with Crippen LogP contribution in [0, 0.1) is 0 Å². The number of hydrogen-bond donors (Lipinski definition) is 1. The standard InChI is InChI=1S/C76H124NO8P/c1-6-8-10-12-14-16-18-20-22-24-26-28-29-30-31-32-33-34-35-36-37-38-39-40-41-42-43-44-45-46-47-49-51-53-55-57-59-61-63-65-67-69-76(79)85-74(73-84-86(80,81)83-71-70-77(3,4)5)72-82-75(78)68-66-64-62-60-58-56-54-52-50-48-27-25-23-21-19-17-15-13-11-9-7-2/h8-11,14-17,20-23,26-28,30-31,33-34,36-37,39-40,42-43,48,52,54,74H,6-7,12-13,18-19,24-25,29,32,35,38,41,44-47,49-51,53,55-73H2,1-5H3/p+1/b10-8-,11-9-,16-14-,17-15-,22-20-,23-21-,28-26-,31-30-,34-33-,37-36-,40-39-,43-42-,48-27-,54-52-. The average molecular weight is 1210 g/mol. The monoisotopic (exact) mass is 1210 g/mol. The Morgan fingerprint density at radius 3 is 0.930 bits per heavy atom. The molecule has 10 heteroatoms. The van der Waals surface area contributed by atoms with Gasteiger partial charge >= 0.3 is 19.8 Å². The molecule has 1 N–H and O–H groups in total. The van der Waals surface area contributed by atoms with Crippen LogP contribution < -0.4 is 0 Å². The predicted molar refractivity (Wildman–Crippen MR) is 371 cm³/mol. The number of quaternary nitrogens is 1. The second-order valence-corrected chi connectivity index (χ2v) is 24.5. The number of hydrogen-bond acceptors (Lipinski definition) is 7. The summed E-state index contributed by atoms with van der Waals surface area (Å²) in [7, 11) is 1.45. The molecule has 0 aliphatic rings. The Labute approximate surface area is 528 Å². The molecule has 0 spiro atoms. The number of allylic oxidation sites excluding steroid dienone is 28. The van der Waals surface area contributed by atoms with Gasteiger partial charge in [-0.2, -0.15) is 0 Å². The summed E-state index contributed by atoms with van der Waals surface area (Å²) in [6.45, 7) is 4.17. The van der Waals surface area contributed by atoms with Gasteiger partial charge in [-0.05, 0) is 128 Å². The number of unbranched alkanes of at least 4 members (excludes halogenated alkanes) is 18. The Kier molecular flexibility index (Phi) is 61.3. The number of nitrogens with zero attached hydrogens (tertiary/aromatic N) is 1. The lowest BCUT2D eigenvalue weighted by atomic mass is 10.0. The van der Waals surface area contributed by atoms with Crippen LogP contribution in [0.4, 0.5) is 0 Å². The quantitative estimate of drug-likeness (QED) is 0.0211. The SMILES string of the molecule is CC/C=C\C/C=C\C/C=C\C/C=C\C/C=C\C/C=C\C/C=C\C/C=C\C/C=C\CCCCCCCCCCCCCCCC(=O)OC(COC(=O)CCCCCCC/C=C\C/C=C\C/C=C\C/C=C\C/C=C\CC)COP(=O)(O)OCC[N+](C)(C)C. The van der Waals surface area contributed by atoms with E-state index in [1.165, 1.54) is 64.2 Å². The van der Waals surface area contributed by atoms with Crippen LogP contribution in [0.5, 0.6) is 0 Å². The molecular weight excluding hydrogens is 1090 g/mol. The second kappa shape index (κ2) is 64.8. The van der Waals surface area contributed by atoms with Crippen molar-refractivity contribution in [3.8, 4) is 0 Å². The van der Waals surface area contributed by atoms with E-state index < -0.39 is 26.5 Å². The maximum atomic E-state index is 12.9. The maximum Gasteiger partial charge on any atom is 0.472 e. The molecule has 0 amide bonds. The fourth-order valence-electron chi connectivity index (χ4n) is 8.62. The molecule has 0 radical (unpaired) electrons. The molecule has 86 heavy (non-hydrogen) atoms. The molecule has 0 rings (SSSR count). The minimum Gasteiger partial charge on any atom is -0.462 e. The number of carbonyl (C=O) groups excluding carboxylic acids is 2. The third-order valence-corrected chi connectivity index (χ3v) is 14.7. The Hall–Kier alpha value is -4.63. The van der Waals surface area contributed by atoms with Crippen LogP contribution in [0.3, 0.4) is 0 Å². The van der Waals surface area contributed by atoms with Crippen molar-refractivity contribution in [3.63, 3.8) is 0 Å². The third kappa shape index (κ3) is 68.5. The van der Waals surface area contributed by atoms with Gasteiger partial charge in [-0.3, -0.25) is 18.6 Å². The largest absolute Gasteiger partial charge is 0.472 e. The van der Waals surface area contributed by atoms with Gasteiger partial charge in [-0.25, -0.2) is 4.57 Å². The van der Waals surface area contributed by atoms with Crippen LogP contribution in [-0.4, -0.2) is 74.9 Å². The number of phosphoric acid groups is 1.